The third kappa shape index (κ3) is 3.87. The zero-order chi connectivity index (χ0) is 20.4. The van der Waals surface area contributed by atoms with E-state index in [1.165, 1.54) is 0 Å². The normalized spacial score (nSPS) is 16.0. The fraction of sp³-hybridized carbons (Fsp3) is 0.286. The van der Waals surface area contributed by atoms with Crippen LogP contribution in [-0.2, 0) is 28.8 Å². The van der Waals surface area contributed by atoms with Gasteiger partial charge < -0.3 is 18.7 Å². The minimum atomic E-state index is -0.813. The number of aromatic nitrogens is 1. The second-order valence-corrected chi connectivity index (χ2v) is 6.74. The van der Waals surface area contributed by atoms with Gasteiger partial charge in [-0.3, -0.25) is 10.1 Å². The SMILES string of the molecule is COc1ccc(CCc2noc3cc(CC4OC(=O)NC4=O)ccc23)cc1OC. The first-order valence-corrected chi connectivity index (χ1v) is 9.17. The molecule has 29 heavy (non-hydrogen) atoms. The summed E-state index contributed by atoms with van der Waals surface area (Å²) in [6, 6.07) is 11.5. The van der Waals surface area contributed by atoms with Crippen molar-refractivity contribution in [1.29, 1.82) is 0 Å². The van der Waals surface area contributed by atoms with Crippen molar-refractivity contribution in [2.75, 3.05) is 14.2 Å². The van der Waals surface area contributed by atoms with Crippen LogP contribution in [0.3, 0.4) is 0 Å². The molecule has 8 nitrogen and oxygen atoms in total. The molecule has 1 aromatic heterocycles. The van der Waals surface area contributed by atoms with Crippen molar-refractivity contribution in [3.05, 3.63) is 53.2 Å². The van der Waals surface area contributed by atoms with E-state index in [1.807, 2.05) is 36.4 Å². The number of imide groups is 1. The highest BCUT2D eigenvalue weighted by molar-refractivity contribution is 6.00. The van der Waals surface area contributed by atoms with Crippen LogP contribution >= 0.6 is 0 Å². The number of benzene rings is 2. The molecule has 150 valence electrons. The molecule has 1 aliphatic rings. The first-order chi connectivity index (χ1) is 14.1. The number of cyclic esters (lactones) is 1. The Balaban J connectivity index is 1.46. The average Bonchev–Trinajstić information content (AvgIpc) is 3.27. The van der Waals surface area contributed by atoms with Crippen LogP contribution in [0.1, 0.15) is 16.8 Å². The zero-order valence-electron chi connectivity index (χ0n) is 16.1. The maximum Gasteiger partial charge on any atom is 0.414 e. The Morgan fingerprint density at radius 2 is 1.79 bits per heavy atom. The molecular weight excluding hydrogens is 376 g/mol. The molecule has 1 saturated heterocycles. The molecular formula is C21H20N2O6. The van der Waals surface area contributed by atoms with Crippen molar-refractivity contribution in [1.82, 2.24) is 10.5 Å². The second kappa shape index (κ2) is 7.83. The number of rotatable bonds is 7. The lowest BCUT2D eigenvalue weighted by molar-refractivity contribution is -0.123. The van der Waals surface area contributed by atoms with Crippen molar-refractivity contribution >= 4 is 23.0 Å². The molecule has 3 aromatic rings. The molecule has 0 aliphatic carbocycles. The smallest absolute Gasteiger partial charge is 0.414 e. The van der Waals surface area contributed by atoms with E-state index in [1.54, 1.807) is 14.2 Å². The number of hydrogen-bond acceptors (Lipinski definition) is 7. The van der Waals surface area contributed by atoms with Crippen LogP contribution in [0.25, 0.3) is 11.0 Å². The van der Waals surface area contributed by atoms with Gasteiger partial charge in [0.25, 0.3) is 5.91 Å². The standard InChI is InChI=1S/C21H20N2O6/c1-26-16-8-5-12(9-18(16)27-2)4-7-15-14-6-3-13(10-17(14)29-23-15)11-19-20(24)22-21(25)28-19/h3,5-6,8-10,19H,4,7,11H2,1-2H3,(H,22,24,25). The zero-order valence-corrected chi connectivity index (χ0v) is 16.1. The lowest BCUT2D eigenvalue weighted by Gasteiger charge is -2.09. The number of methoxy groups -OCH3 is 2. The number of fused-ring (bicyclic) bond motifs is 1. The van der Waals surface area contributed by atoms with E-state index in [4.69, 9.17) is 18.7 Å². The van der Waals surface area contributed by atoms with Gasteiger partial charge in [-0.25, -0.2) is 4.79 Å². The van der Waals surface area contributed by atoms with E-state index in [9.17, 15) is 9.59 Å². The molecule has 8 heteroatoms. The van der Waals surface area contributed by atoms with Gasteiger partial charge in [0.05, 0.1) is 19.9 Å². The summed E-state index contributed by atoms with van der Waals surface area (Å²) >= 11 is 0. The molecule has 2 amide bonds. The number of alkyl carbamates (subject to hydrolysis) is 1. The molecule has 1 unspecified atom stereocenters. The quantitative estimate of drug-likeness (QED) is 0.655. The Kier molecular flexibility index (Phi) is 5.07. The van der Waals surface area contributed by atoms with E-state index in [0.29, 0.717) is 23.5 Å². The Morgan fingerprint density at radius 1 is 1.00 bits per heavy atom. The van der Waals surface area contributed by atoms with Crippen LogP contribution in [0, 0.1) is 0 Å². The molecule has 1 N–H and O–H groups in total. The van der Waals surface area contributed by atoms with Gasteiger partial charge in [0.1, 0.15) is 0 Å². The van der Waals surface area contributed by atoms with Gasteiger partial charge in [0, 0.05) is 11.8 Å². The van der Waals surface area contributed by atoms with Crippen molar-refractivity contribution in [2.24, 2.45) is 0 Å². The highest BCUT2D eigenvalue weighted by Crippen LogP contribution is 2.29. The van der Waals surface area contributed by atoms with Crippen LogP contribution in [-0.4, -0.2) is 37.5 Å². The summed E-state index contributed by atoms with van der Waals surface area (Å²) < 4.78 is 21.0. The Morgan fingerprint density at radius 3 is 2.52 bits per heavy atom. The first kappa shape index (κ1) is 18.8. The van der Waals surface area contributed by atoms with Gasteiger partial charge in [-0.1, -0.05) is 17.3 Å². The number of aryl methyl sites for hydroxylation is 2. The fourth-order valence-corrected chi connectivity index (χ4v) is 3.38. The van der Waals surface area contributed by atoms with E-state index in [-0.39, 0.29) is 6.42 Å². The van der Waals surface area contributed by atoms with Crippen molar-refractivity contribution in [3.63, 3.8) is 0 Å². The van der Waals surface area contributed by atoms with Gasteiger partial charge in [-0.2, -0.15) is 0 Å². The summed E-state index contributed by atoms with van der Waals surface area (Å²) in [5.41, 5.74) is 3.42. The van der Waals surface area contributed by atoms with E-state index in [0.717, 1.165) is 28.6 Å². The molecule has 1 atom stereocenters. The van der Waals surface area contributed by atoms with E-state index >= 15 is 0 Å². The summed E-state index contributed by atoms with van der Waals surface area (Å²) in [7, 11) is 3.22. The highest BCUT2D eigenvalue weighted by Gasteiger charge is 2.32. The van der Waals surface area contributed by atoms with Crippen molar-refractivity contribution in [3.8, 4) is 11.5 Å². The molecule has 1 fully saturated rings. The number of ether oxygens (including phenoxy) is 3. The monoisotopic (exact) mass is 396 g/mol. The summed E-state index contributed by atoms with van der Waals surface area (Å²) in [6.07, 6.45) is 0.229. The average molecular weight is 396 g/mol. The molecule has 0 saturated carbocycles. The van der Waals surface area contributed by atoms with Gasteiger partial charge in [0.2, 0.25) is 0 Å². The fourth-order valence-electron chi connectivity index (χ4n) is 3.38. The highest BCUT2D eigenvalue weighted by atomic mass is 16.6. The van der Waals surface area contributed by atoms with Gasteiger partial charge >= 0.3 is 6.09 Å². The molecule has 0 bridgehead atoms. The van der Waals surface area contributed by atoms with Gasteiger partial charge in [0.15, 0.2) is 23.2 Å². The third-order valence-corrected chi connectivity index (χ3v) is 4.90. The minimum absolute atomic E-state index is 0.287. The first-order valence-electron chi connectivity index (χ1n) is 9.17. The minimum Gasteiger partial charge on any atom is -0.493 e. The lowest BCUT2D eigenvalue weighted by Crippen LogP contribution is -2.25. The number of hydrogen-bond donors (Lipinski definition) is 1. The van der Waals surface area contributed by atoms with Crippen LogP contribution in [0.15, 0.2) is 40.9 Å². The van der Waals surface area contributed by atoms with E-state index in [2.05, 4.69) is 10.5 Å². The molecule has 2 heterocycles. The molecule has 0 radical (unpaired) electrons. The van der Waals surface area contributed by atoms with Crippen LogP contribution in [0.2, 0.25) is 0 Å². The largest absolute Gasteiger partial charge is 0.493 e. The number of nitrogens with zero attached hydrogens (tertiary/aromatic N) is 1. The van der Waals surface area contributed by atoms with Crippen molar-refractivity contribution in [2.45, 2.75) is 25.4 Å². The maximum absolute atomic E-state index is 11.7. The third-order valence-electron chi connectivity index (χ3n) is 4.90. The summed E-state index contributed by atoms with van der Waals surface area (Å²) in [5, 5.41) is 7.23. The summed E-state index contributed by atoms with van der Waals surface area (Å²) in [6.45, 7) is 0. The lowest BCUT2D eigenvalue weighted by atomic mass is 10.0. The Bertz CT molecular complexity index is 1070. The molecule has 1 aliphatic heterocycles. The number of nitrogens with one attached hydrogen (secondary N) is 1. The van der Waals surface area contributed by atoms with Crippen LogP contribution < -0.4 is 14.8 Å². The van der Waals surface area contributed by atoms with Crippen LogP contribution in [0.4, 0.5) is 4.79 Å². The Labute approximate surface area is 166 Å². The van der Waals surface area contributed by atoms with Gasteiger partial charge in [-0.05, 0) is 48.2 Å². The second-order valence-electron chi connectivity index (χ2n) is 6.74. The van der Waals surface area contributed by atoms with Crippen molar-refractivity contribution < 1.29 is 28.3 Å². The summed E-state index contributed by atoms with van der Waals surface area (Å²) in [4.78, 5) is 22.8. The summed E-state index contributed by atoms with van der Waals surface area (Å²) in [5.74, 6) is 0.955. The molecule has 4 rings (SSSR count). The van der Waals surface area contributed by atoms with Gasteiger partial charge in [-0.15, -0.1) is 0 Å². The molecule has 0 spiro atoms. The molecule has 2 aromatic carbocycles. The topological polar surface area (TPSA) is 99.9 Å². The Hall–Kier alpha value is -3.55. The number of carbonyl (C=O) groups is 2. The maximum atomic E-state index is 11.7. The number of amides is 2. The van der Waals surface area contributed by atoms with Crippen LogP contribution in [0.5, 0.6) is 11.5 Å². The predicted molar refractivity (Wildman–Crippen MR) is 103 cm³/mol. The number of carbonyl (C=O) groups excluding carboxylic acids is 2. The predicted octanol–water partition coefficient (Wildman–Crippen LogP) is 2.81. The van der Waals surface area contributed by atoms with E-state index < -0.39 is 18.1 Å².